The van der Waals surface area contributed by atoms with Gasteiger partial charge in [-0.1, -0.05) is 6.07 Å². The molecule has 150 valence electrons. The first-order valence-electron chi connectivity index (χ1n) is 9.27. The van der Waals surface area contributed by atoms with Gasteiger partial charge >= 0.3 is 0 Å². The van der Waals surface area contributed by atoms with Crippen molar-refractivity contribution in [1.29, 1.82) is 0 Å². The third-order valence-electron chi connectivity index (χ3n) is 4.44. The van der Waals surface area contributed by atoms with Gasteiger partial charge < -0.3 is 29.6 Å². The fourth-order valence-electron chi connectivity index (χ4n) is 2.90. The van der Waals surface area contributed by atoms with Crippen LogP contribution in [0.4, 0.5) is 0 Å². The molecule has 7 nitrogen and oxygen atoms in total. The van der Waals surface area contributed by atoms with Crippen molar-refractivity contribution < 1.29 is 18.9 Å². The van der Waals surface area contributed by atoms with E-state index in [1.807, 2.05) is 36.4 Å². The Morgan fingerprint density at radius 2 is 1.75 bits per heavy atom. The highest BCUT2D eigenvalue weighted by molar-refractivity contribution is 5.79. The van der Waals surface area contributed by atoms with E-state index in [0.29, 0.717) is 32.3 Å². The second kappa shape index (κ2) is 9.73. The second-order valence-electron chi connectivity index (χ2n) is 6.29. The van der Waals surface area contributed by atoms with E-state index in [1.54, 1.807) is 21.3 Å². The van der Waals surface area contributed by atoms with Crippen molar-refractivity contribution in [3.05, 3.63) is 47.5 Å². The van der Waals surface area contributed by atoms with Gasteiger partial charge in [-0.25, -0.2) is 0 Å². The molecule has 2 aromatic rings. The summed E-state index contributed by atoms with van der Waals surface area (Å²) in [6.07, 6.45) is 0.896. The van der Waals surface area contributed by atoms with E-state index in [4.69, 9.17) is 18.9 Å². The Morgan fingerprint density at radius 3 is 2.50 bits per heavy atom. The number of fused-ring (bicyclic) bond motifs is 1. The van der Waals surface area contributed by atoms with Crippen LogP contribution >= 0.6 is 0 Å². The Balaban J connectivity index is 1.57. The third kappa shape index (κ3) is 5.00. The third-order valence-corrected chi connectivity index (χ3v) is 4.44. The zero-order valence-electron chi connectivity index (χ0n) is 16.6. The molecule has 2 aromatic carbocycles. The quantitative estimate of drug-likeness (QED) is 0.588. The summed E-state index contributed by atoms with van der Waals surface area (Å²) in [7, 11) is 5.03. The summed E-state index contributed by atoms with van der Waals surface area (Å²) in [5, 5.41) is 6.62. The molecule has 7 heteroatoms. The molecule has 1 aliphatic heterocycles. The predicted molar refractivity (Wildman–Crippen MR) is 109 cm³/mol. The molecule has 0 bridgehead atoms. The summed E-state index contributed by atoms with van der Waals surface area (Å²) in [5.74, 6) is 3.82. The molecule has 1 heterocycles. The largest absolute Gasteiger partial charge is 0.497 e. The zero-order valence-corrected chi connectivity index (χ0v) is 16.6. The molecule has 28 heavy (non-hydrogen) atoms. The molecule has 0 unspecified atom stereocenters. The smallest absolute Gasteiger partial charge is 0.191 e. The fourth-order valence-corrected chi connectivity index (χ4v) is 2.90. The van der Waals surface area contributed by atoms with Crippen molar-refractivity contribution in [3.63, 3.8) is 0 Å². The molecule has 1 aliphatic rings. The fraction of sp³-hybridized carbons (Fsp3) is 0.381. The SMILES string of the molecule is CN=C(NCc1ccc2c(c1)OCCCO2)NCc1ccc(OC)cc1OC. The van der Waals surface area contributed by atoms with Crippen LogP contribution in [0.3, 0.4) is 0 Å². The lowest BCUT2D eigenvalue weighted by Crippen LogP contribution is -2.36. The first-order chi connectivity index (χ1) is 13.7. The molecular weight excluding hydrogens is 358 g/mol. The first kappa shape index (κ1) is 19.7. The summed E-state index contributed by atoms with van der Waals surface area (Å²) < 4.78 is 22.1. The van der Waals surface area contributed by atoms with Crippen LogP contribution in [0.5, 0.6) is 23.0 Å². The minimum atomic E-state index is 0.577. The van der Waals surface area contributed by atoms with Gasteiger partial charge in [0.25, 0.3) is 0 Å². The number of hydrogen-bond acceptors (Lipinski definition) is 5. The summed E-state index contributed by atoms with van der Waals surface area (Å²) in [6, 6.07) is 11.7. The summed E-state index contributed by atoms with van der Waals surface area (Å²) >= 11 is 0. The Morgan fingerprint density at radius 1 is 0.964 bits per heavy atom. The predicted octanol–water partition coefficient (Wildman–Crippen LogP) is 2.73. The monoisotopic (exact) mass is 385 g/mol. The van der Waals surface area contributed by atoms with Gasteiger partial charge in [0.2, 0.25) is 0 Å². The molecule has 0 amide bonds. The van der Waals surface area contributed by atoms with Gasteiger partial charge in [-0.05, 0) is 29.8 Å². The molecule has 0 fully saturated rings. The van der Waals surface area contributed by atoms with E-state index in [9.17, 15) is 0 Å². The van der Waals surface area contributed by atoms with Gasteiger partial charge in [0.1, 0.15) is 11.5 Å². The van der Waals surface area contributed by atoms with E-state index in [2.05, 4.69) is 15.6 Å². The molecule has 2 N–H and O–H groups in total. The van der Waals surface area contributed by atoms with Gasteiger partial charge in [0.05, 0.1) is 27.4 Å². The van der Waals surface area contributed by atoms with E-state index >= 15 is 0 Å². The first-order valence-corrected chi connectivity index (χ1v) is 9.27. The maximum Gasteiger partial charge on any atom is 0.191 e. The van der Waals surface area contributed by atoms with E-state index in [-0.39, 0.29) is 0 Å². The molecule has 0 aromatic heterocycles. The van der Waals surface area contributed by atoms with E-state index in [0.717, 1.165) is 40.5 Å². The Bertz CT molecular complexity index is 823. The van der Waals surface area contributed by atoms with Crippen LogP contribution in [0.2, 0.25) is 0 Å². The highest BCUT2D eigenvalue weighted by Crippen LogP contribution is 2.30. The molecule has 0 radical (unpaired) electrons. The highest BCUT2D eigenvalue weighted by Gasteiger charge is 2.11. The number of aliphatic imine (C=N–C) groups is 1. The van der Waals surface area contributed by atoms with Gasteiger partial charge in [-0.3, -0.25) is 4.99 Å². The minimum absolute atomic E-state index is 0.577. The molecule has 0 saturated heterocycles. The van der Waals surface area contributed by atoms with Crippen LogP contribution in [-0.2, 0) is 13.1 Å². The lowest BCUT2D eigenvalue weighted by atomic mass is 10.2. The van der Waals surface area contributed by atoms with Crippen LogP contribution in [-0.4, -0.2) is 40.4 Å². The maximum atomic E-state index is 5.75. The second-order valence-corrected chi connectivity index (χ2v) is 6.29. The van der Waals surface area contributed by atoms with Crippen LogP contribution < -0.4 is 29.6 Å². The van der Waals surface area contributed by atoms with E-state index in [1.165, 1.54) is 0 Å². The topological polar surface area (TPSA) is 73.3 Å². The number of methoxy groups -OCH3 is 2. The summed E-state index contributed by atoms with van der Waals surface area (Å²) in [4.78, 5) is 4.28. The summed E-state index contributed by atoms with van der Waals surface area (Å²) in [6.45, 7) is 2.57. The standard InChI is InChI=1S/C21H27N3O4/c1-22-21(24-14-16-6-7-17(25-2)12-19(16)26-3)23-13-15-5-8-18-20(11-15)28-10-4-9-27-18/h5-8,11-12H,4,9-10,13-14H2,1-3H3,(H2,22,23,24). The Hall–Kier alpha value is -3.09. The lowest BCUT2D eigenvalue weighted by molar-refractivity contribution is 0.297. The maximum absolute atomic E-state index is 5.75. The molecule has 3 rings (SSSR count). The number of nitrogens with zero attached hydrogens (tertiary/aromatic N) is 1. The number of ether oxygens (including phenoxy) is 4. The van der Waals surface area contributed by atoms with Crippen molar-refractivity contribution in [2.24, 2.45) is 4.99 Å². The molecular formula is C21H27N3O4. The van der Waals surface area contributed by atoms with Crippen LogP contribution in [0.25, 0.3) is 0 Å². The van der Waals surface area contributed by atoms with Gasteiger partial charge in [0, 0.05) is 38.2 Å². The van der Waals surface area contributed by atoms with Crippen molar-refractivity contribution in [2.45, 2.75) is 19.5 Å². The minimum Gasteiger partial charge on any atom is -0.497 e. The zero-order chi connectivity index (χ0) is 19.8. The van der Waals surface area contributed by atoms with Gasteiger partial charge in [-0.15, -0.1) is 0 Å². The number of hydrogen-bond donors (Lipinski definition) is 2. The van der Waals surface area contributed by atoms with Gasteiger partial charge in [-0.2, -0.15) is 0 Å². The Labute approximate surface area is 165 Å². The number of nitrogens with one attached hydrogen (secondary N) is 2. The Kier molecular flexibility index (Phi) is 6.84. The number of benzene rings is 2. The average molecular weight is 385 g/mol. The van der Waals surface area contributed by atoms with Crippen LogP contribution in [0, 0.1) is 0 Å². The summed E-state index contributed by atoms with van der Waals surface area (Å²) in [5.41, 5.74) is 2.11. The number of rotatable bonds is 6. The van der Waals surface area contributed by atoms with Crippen molar-refractivity contribution in [3.8, 4) is 23.0 Å². The molecule has 0 saturated carbocycles. The van der Waals surface area contributed by atoms with Crippen LogP contribution in [0.15, 0.2) is 41.4 Å². The molecule has 0 aliphatic carbocycles. The van der Waals surface area contributed by atoms with Crippen molar-refractivity contribution >= 4 is 5.96 Å². The molecule has 0 atom stereocenters. The molecule has 0 spiro atoms. The highest BCUT2D eigenvalue weighted by atomic mass is 16.5. The average Bonchev–Trinajstić information content (AvgIpc) is 2.98. The van der Waals surface area contributed by atoms with Gasteiger partial charge in [0.15, 0.2) is 17.5 Å². The van der Waals surface area contributed by atoms with Crippen molar-refractivity contribution in [2.75, 3.05) is 34.5 Å². The normalized spacial score (nSPS) is 13.5. The van der Waals surface area contributed by atoms with Crippen molar-refractivity contribution in [1.82, 2.24) is 10.6 Å². The van der Waals surface area contributed by atoms with Crippen LogP contribution in [0.1, 0.15) is 17.5 Å². The number of guanidine groups is 1. The van der Waals surface area contributed by atoms with E-state index < -0.39 is 0 Å². The lowest BCUT2D eigenvalue weighted by Gasteiger charge is -2.15.